The van der Waals surface area contributed by atoms with Crippen molar-refractivity contribution in [3.05, 3.63) is 60.7 Å². The molecule has 3 rings (SSSR count). The summed E-state index contributed by atoms with van der Waals surface area (Å²) in [5.41, 5.74) is 0.773. The van der Waals surface area contributed by atoms with Crippen LogP contribution in [0, 0.1) is 6.92 Å². The number of thioether (sulfide) groups is 1. The van der Waals surface area contributed by atoms with Crippen LogP contribution in [0.1, 0.15) is 5.82 Å². The van der Waals surface area contributed by atoms with Gasteiger partial charge in [0.15, 0.2) is 0 Å². The summed E-state index contributed by atoms with van der Waals surface area (Å²) in [5.74, 6) is 2.21. The molecule has 0 bridgehead atoms. The molecule has 140 valence electrons. The fourth-order valence-corrected chi connectivity index (χ4v) is 2.96. The molecule has 0 atom stereocenters. The monoisotopic (exact) mass is 382 g/mol. The van der Waals surface area contributed by atoms with Gasteiger partial charge in [0.2, 0.25) is 0 Å². The number of urea groups is 1. The van der Waals surface area contributed by atoms with E-state index in [1.807, 2.05) is 72.6 Å². The zero-order valence-electron chi connectivity index (χ0n) is 15.3. The highest BCUT2D eigenvalue weighted by Gasteiger charge is 2.04. The van der Waals surface area contributed by atoms with Crippen LogP contribution in [0.3, 0.4) is 0 Å². The first-order valence-electron chi connectivity index (χ1n) is 8.56. The van der Waals surface area contributed by atoms with E-state index >= 15 is 0 Å². The number of amides is 2. The summed E-state index contributed by atoms with van der Waals surface area (Å²) >= 11 is 1.63. The topological polar surface area (TPSA) is 83.9 Å². The minimum atomic E-state index is -0.234. The van der Waals surface area contributed by atoms with Gasteiger partial charge in [-0.1, -0.05) is 6.07 Å². The van der Waals surface area contributed by atoms with Crippen LogP contribution in [0.5, 0.6) is 0 Å². The fraction of sp³-hybridized carbons (Fsp3) is 0.211. The third-order valence-corrected chi connectivity index (χ3v) is 4.46. The lowest BCUT2D eigenvalue weighted by atomic mass is 10.3. The lowest BCUT2D eigenvalue weighted by molar-refractivity contribution is 0.252. The van der Waals surface area contributed by atoms with E-state index in [-0.39, 0.29) is 6.03 Å². The van der Waals surface area contributed by atoms with Crippen LogP contribution in [0.15, 0.2) is 59.8 Å². The molecule has 2 amide bonds. The second-order valence-electron chi connectivity index (χ2n) is 5.79. The van der Waals surface area contributed by atoms with Crippen molar-refractivity contribution in [1.82, 2.24) is 19.9 Å². The molecular formula is C19H22N6OS. The minimum absolute atomic E-state index is 0.234. The van der Waals surface area contributed by atoms with E-state index in [2.05, 4.69) is 25.9 Å². The van der Waals surface area contributed by atoms with E-state index in [0.717, 1.165) is 22.2 Å². The molecule has 0 spiro atoms. The number of nitrogens with zero attached hydrogens (tertiary/aromatic N) is 3. The molecule has 1 aromatic carbocycles. The molecule has 0 aliphatic rings. The van der Waals surface area contributed by atoms with E-state index < -0.39 is 0 Å². The summed E-state index contributed by atoms with van der Waals surface area (Å²) in [6, 6.07) is 13.3. The molecule has 27 heavy (non-hydrogen) atoms. The van der Waals surface area contributed by atoms with E-state index in [4.69, 9.17) is 0 Å². The molecule has 3 N–H and O–H groups in total. The zero-order chi connectivity index (χ0) is 19.1. The third kappa shape index (κ3) is 5.49. The summed E-state index contributed by atoms with van der Waals surface area (Å²) in [4.78, 5) is 21.9. The Balaban J connectivity index is 1.48. The molecule has 0 aliphatic heterocycles. The molecule has 2 aromatic heterocycles. The summed E-state index contributed by atoms with van der Waals surface area (Å²) in [7, 11) is 0. The summed E-state index contributed by atoms with van der Waals surface area (Å²) in [5, 5.41) is 8.87. The number of carbonyl (C=O) groups is 1. The maximum absolute atomic E-state index is 12.0. The highest BCUT2D eigenvalue weighted by Crippen LogP contribution is 2.18. The molecule has 3 aromatic rings. The number of aryl methyl sites for hydroxylation is 1. The molecule has 0 saturated heterocycles. The summed E-state index contributed by atoms with van der Waals surface area (Å²) < 4.78 is 1.92. The molecule has 2 heterocycles. The second kappa shape index (κ2) is 9.09. The predicted molar refractivity (Wildman–Crippen MR) is 110 cm³/mol. The molecule has 0 fully saturated rings. The van der Waals surface area contributed by atoms with Crippen LogP contribution >= 0.6 is 11.8 Å². The quantitative estimate of drug-likeness (QED) is 0.430. The Morgan fingerprint density at radius 2 is 1.93 bits per heavy atom. The number of aromatic nitrogens is 3. The summed E-state index contributed by atoms with van der Waals surface area (Å²) in [6.07, 6.45) is 5.87. The SMILES string of the molecule is CSc1cccc(NC(=O)NCCNc2cc(-n3cccc3)nc(C)n2)c1. The maximum atomic E-state index is 12.0. The van der Waals surface area contributed by atoms with E-state index in [9.17, 15) is 4.79 Å². The third-order valence-electron chi connectivity index (χ3n) is 3.74. The van der Waals surface area contributed by atoms with Gasteiger partial charge in [0.05, 0.1) is 0 Å². The van der Waals surface area contributed by atoms with Gasteiger partial charge in [-0.25, -0.2) is 14.8 Å². The molecular weight excluding hydrogens is 360 g/mol. The molecule has 0 aliphatic carbocycles. The highest BCUT2D eigenvalue weighted by atomic mass is 32.2. The predicted octanol–water partition coefficient (Wildman–Crippen LogP) is 3.53. The Morgan fingerprint density at radius 3 is 2.70 bits per heavy atom. The van der Waals surface area contributed by atoms with Crippen molar-refractivity contribution in [3.8, 4) is 5.82 Å². The Kier molecular flexibility index (Phi) is 6.32. The van der Waals surface area contributed by atoms with Gasteiger partial charge >= 0.3 is 6.03 Å². The normalized spacial score (nSPS) is 10.4. The minimum Gasteiger partial charge on any atom is -0.368 e. The fourth-order valence-electron chi connectivity index (χ4n) is 2.50. The Hall–Kier alpha value is -3.00. The average Bonchev–Trinajstić information content (AvgIpc) is 3.20. The molecule has 0 saturated carbocycles. The van der Waals surface area contributed by atoms with Crippen molar-refractivity contribution < 1.29 is 4.79 Å². The van der Waals surface area contributed by atoms with Crippen LogP contribution in [0.2, 0.25) is 0 Å². The number of anilines is 2. The van der Waals surface area contributed by atoms with E-state index in [1.54, 1.807) is 11.8 Å². The largest absolute Gasteiger partial charge is 0.368 e. The number of rotatable bonds is 7. The van der Waals surface area contributed by atoms with Crippen molar-refractivity contribution in [2.45, 2.75) is 11.8 Å². The highest BCUT2D eigenvalue weighted by molar-refractivity contribution is 7.98. The molecule has 0 radical (unpaired) electrons. The van der Waals surface area contributed by atoms with Crippen molar-refractivity contribution in [1.29, 1.82) is 0 Å². The van der Waals surface area contributed by atoms with Crippen molar-refractivity contribution in [3.63, 3.8) is 0 Å². The molecule has 0 unspecified atom stereocenters. The van der Waals surface area contributed by atoms with Gasteiger partial charge in [-0.3, -0.25) is 0 Å². The van der Waals surface area contributed by atoms with Crippen molar-refractivity contribution >= 4 is 29.3 Å². The second-order valence-corrected chi connectivity index (χ2v) is 6.67. The van der Waals surface area contributed by atoms with Crippen LogP contribution < -0.4 is 16.0 Å². The number of carbonyl (C=O) groups excluding carboxylic acids is 1. The maximum Gasteiger partial charge on any atom is 0.319 e. The number of nitrogens with one attached hydrogen (secondary N) is 3. The van der Waals surface area contributed by atoms with Gasteiger partial charge in [-0.15, -0.1) is 11.8 Å². The lowest BCUT2D eigenvalue weighted by Gasteiger charge is -2.11. The van der Waals surface area contributed by atoms with Crippen LogP contribution in [-0.4, -0.2) is 39.9 Å². The molecule has 7 nitrogen and oxygen atoms in total. The van der Waals surface area contributed by atoms with Gasteiger partial charge in [0.1, 0.15) is 17.5 Å². The standard InChI is InChI=1S/C19H22N6OS/c1-14-22-17(13-18(23-14)25-10-3-4-11-25)20-8-9-21-19(26)24-15-6-5-7-16(12-15)27-2/h3-7,10-13H,8-9H2,1-2H3,(H,20,22,23)(H2,21,24,26). The van der Waals surface area contributed by atoms with Gasteiger partial charge in [0, 0.05) is 42.1 Å². The number of hydrogen-bond donors (Lipinski definition) is 3. The van der Waals surface area contributed by atoms with E-state index in [0.29, 0.717) is 18.9 Å². The smallest absolute Gasteiger partial charge is 0.319 e. The molecule has 8 heteroatoms. The van der Waals surface area contributed by atoms with Gasteiger partial charge in [0.25, 0.3) is 0 Å². The average molecular weight is 382 g/mol. The van der Waals surface area contributed by atoms with Gasteiger partial charge < -0.3 is 20.5 Å². The summed E-state index contributed by atoms with van der Waals surface area (Å²) in [6.45, 7) is 2.88. The first-order valence-corrected chi connectivity index (χ1v) is 9.78. The first kappa shape index (κ1) is 18.8. The number of hydrogen-bond acceptors (Lipinski definition) is 5. The lowest BCUT2D eigenvalue weighted by Crippen LogP contribution is -2.32. The first-order chi connectivity index (χ1) is 13.1. The van der Waals surface area contributed by atoms with E-state index in [1.165, 1.54) is 0 Å². The Morgan fingerprint density at radius 1 is 1.11 bits per heavy atom. The van der Waals surface area contributed by atoms with Crippen LogP contribution in [0.4, 0.5) is 16.3 Å². The van der Waals surface area contributed by atoms with Crippen molar-refractivity contribution in [2.24, 2.45) is 0 Å². The van der Waals surface area contributed by atoms with Crippen LogP contribution in [0.25, 0.3) is 5.82 Å². The Labute approximate surface area is 162 Å². The zero-order valence-corrected chi connectivity index (χ0v) is 16.1. The Bertz CT molecular complexity index is 897. The van der Waals surface area contributed by atoms with Crippen LogP contribution in [-0.2, 0) is 0 Å². The van der Waals surface area contributed by atoms with Gasteiger partial charge in [-0.05, 0) is 43.5 Å². The van der Waals surface area contributed by atoms with Crippen molar-refractivity contribution in [2.75, 3.05) is 30.0 Å². The van der Waals surface area contributed by atoms with Gasteiger partial charge in [-0.2, -0.15) is 0 Å². The number of benzene rings is 1.